The molecule has 1 N–H and O–H groups in total. The first kappa shape index (κ1) is 16.1. The van der Waals surface area contributed by atoms with E-state index in [1.54, 1.807) is 12.1 Å². The maximum Gasteiger partial charge on any atom is 0.325 e. The molecule has 1 saturated heterocycles. The van der Waals surface area contributed by atoms with Crippen molar-refractivity contribution in [1.29, 1.82) is 0 Å². The summed E-state index contributed by atoms with van der Waals surface area (Å²) in [6.45, 7) is 1.75. The van der Waals surface area contributed by atoms with Crippen molar-refractivity contribution in [2.45, 2.75) is 25.4 Å². The van der Waals surface area contributed by atoms with Crippen LogP contribution in [0.1, 0.15) is 24.8 Å². The Morgan fingerprint density at radius 2 is 1.96 bits per heavy atom. The van der Waals surface area contributed by atoms with Crippen LogP contribution in [-0.2, 0) is 16.9 Å². The Morgan fingerprint density at radius 1 is 1.15 bits per heavy atom. The highest BCUT2D eigenvalue weighted by Crippen LogP contribution is 2.33. The minimum Gasteiger partial charge on any atom is -0.461 e. The fourth-order valence-electron chi connectivity index (χ4n) is 3.09. The lowest BCUT2D eigenvalue weighted by Crippen LogP contribution is -2.43. The zero-order chi connectivity index (χ0) is 18.1. The molecule has 3 amide bonds. The summed E-state index contributed by atoms with van der Waals surface area (Å²) in [5, 5.41) is 6.63. The van der Waals surface area contributed by atoms with Crippen molar-refractivity contribution in [3.63, 3.8) is 0 Å². The van der Waals surface area contributed by atoms with Crippen LogP contribution in [0.5, 0.6) is 0 Å². The van der Waals surface area contributed by atoms with Gasteiger partial charge in [0.15, 0.2) is 5.76 Å². The van der Waals surface area contributed by atoms with Gasteiger partial charge in [-0.3, -0.25) is 9.69 Å². The summed E-state index contributed by atoms with van der Waals surface area (Å²) < 4.78 is 10.4. The number of nitrogens with zero attached hydrogens (tertiary/aromatic N) is 3. The third kappa shape index (κ3) is 2.46. The van der Waals surface area contributed by atoms with Crippen LogP contribution >= 0.6 is 0 Å². The van der Waals surface area contributed by atoms with Crippen molar-refractivity contribution in [2.75, 3.05) is 0 Å². The predicted octanol–water partition coefficient (Wildman–Crippen LogP) is 2.69. The van der Waals surface area contributed by atoms with E-state index >= 15 is 0 Å². The first-order valence-corrected chi connectivity index (χ1v) is 8.20. The Morgan fingerprint density at radius 3 is 2.65 bits per heavy atom. The van der Waals surface area contributed by atoms with Gasteiger partial charge in [0.05, 0.1) is 6.26 Å². The highest BCUT2D eigenvalue weighted by atomic mass is 16.5. The quantitative estimate of drug-likeness (QED) is 0.709. The van der Waals surface area contributed by atoms with Crippen LogP contribution in [0, 0.1) is 0 Å². The standard InChI is InChI=1S/C18H16N4O4/c1-2-18(12-7-4-3-5-8-12)16(23)22(17(24)20-18)11-14-19-15(21-26-14)13-9-6-10-25-13/h3-10H,2,11H2,1H3,(H,20,24). The number of hydrogen-bond acceptors (Lipinski definition) is 6. The largest absolute Gasteiger partial charge is 0.461 e. The van der Waals surface area contributed by atoms with E-state index in [9.17, 15) is 9.59 Å². The molecule has 8 nitrogen and oxygen atoms in total. The number of imide groups is 1. The Balaban J connectivity index is 1.60. The van der Waals surface area contributed by atoms with Crippen LogP contribution in [0.2, 0.25) is 0 Å². The topological polar surface area (TPSA) is 101 Å². The van der Waals surface area contributed by atoms with Crippen molar-refractivity contribution in [2.24, 2.45) is 0 Å². The Hall–Kier alpha value is -3.42. The lowest BCUT2D eigenvalue weighted by molar-refractivity contribution is -0.132. The van der Waals surface area contributed by atoms with Crippen LogP contribution in [0.4, 0.5) is 4.79 Å². The van der Waals surface area contributed by atoms with Crippen LogP contribution in [-0.4, -0.2) is 27.0 Å². The lowest BCUT2D eigenvalue weighted by Gasteiger charge is -2.25. The molecule has 1 aromatic carbocycles. The number of carbonyl (C=O) groups is 2. The van der Waals surface area contributed by atoms with E-state index in [0.717, 1.165) is 10.5 Å². The Bertz CT molecular complexity index is 935. The van der Waals surface area contributed by atoms with Crippen LogP contribution in [0.3, 0.4) is 0 Å². The highest BCUT2D eigenvalue weighted by molar-refractivity contribution is 6.07. The molecule has 0 aliphatic carbocycles. The minimum atomic E-state index is -1.08. The van der Waals surface area contributed by atoms with Crippen LogP contribution < -0.4 is 5.32 Å². The Kier molecular flexibility index (Phi) is 3.80. The number of furan rings is 1. The summed E-state index contributed by atoms with van der Waals surface area (Å²) in [5.41, 5.74) is -0.340. The van der Waals surface area contributed by atoms with E-state index in [2.05, 4.69) is 15.5 Å². The number of carbonyl (C=O) groups excluding carboxylic acids is 2. The van der Waals surface area contributed by atoms with E-state index in [-0.39, 0.29) is 24.2 Å². The van der Waals surface area contributed by atoms with E-state index in [1.165, 1.54) is 6.26 Å². The van der Waals surface area contributed by atoms with Crippen molar-refractivity contribution >= 4 is 11.9 Å². The molecule has 1 atom stereocenters. The SMILES string of the molecule is CCC1(c2ccccc2)NC(=O)N(Cc2nc(-c3ccco3)no2)C1=O. The van der Waals surface area contributed by atoms with Crippen molar-refractivity contribution in [1.82, 2.24) is 20.4 Å². The maximum atomic E-state index is 13.0. The molecule has 132 valence electrons. The summed E-state index contributed by atoms with van der Waals surface area (Å²) in [5.74, 6) is 0.528. The van der Waals surface area contributed by atoms with Crippen molar-refractivity contribution < 1.29 is 18.5 Å². The number of nitrogens with one attached hydrogen (secondary N) is 1. The van der Waals surface area contributed by atoms with Gasteiger partial charge in [-0.2, -0.15) is 4.98 Å². The van der Waals surface area contributed by atoms with E-state index in [4.69, 9.17) is 8.94 Å². The molecular formula is C18H16N4O4. The molecule has 8 heteroatoms. The van der Waals surface area contributed by atoms with E-state index in [0.29, 0.717) is 12.2 Å². The van der Waals surface area contributed by atoms with Gasteiger partial charge in [0, 0.05) is 0 Å². The van der Waals surface area contributed by atoms with Crippen LogP contribution in [0.25, 0.3) is 11.6 Å². The zero-order valence-electron chi connectivity index (χ0n) is 14.0. The average molecular weight is 352 g/mol. The second-order valence-corrected chi connectivity index (χ2v) is 5.94. The summed E-state index contributed by atoms with van der Waals surface area (Å²) >= 11 is 0. The number of amides is 3. The fraction of sp³-hybridized carbons (Fsp3) is 0.222. The van der Waals surface area contributed by atoms with Crippen LogP contribution in [0.15, 0.2) is 57.7 Å². The number of hydrogen-bond donors (Lipinski definition) is 1. The van der Waals surface area contributed by atoms with Gasteiger partial charge in [-0.15, -0.1) is 0 Å². The van der Waals surface area contributed by atoms with Gasteiger partial charge >= 0.3 is 6.03 Å². The molecule has 2 aromatic heterocycles. The molecule has 0 spiro atoms. The lowest BCUT2D eigenvalue weighted by atomic mass is 9.87. The summed E-state index contributed by atoms with van der Waals surface area (Å²) in [7, 11) is 0. The normalized spacial score (nSPS) is 19.8. The highest BCUT2D eigenvalue weighted by Gasteiger charge is 2.51. The first-order chi connectivity index (χ1) is 12.6. The third-order valence-corrected chi connectivity index (χ3v) is 4.48. The first-order valence-electron chi connectivity index (χ1n) is 8.20. The summed E-state index contributed by atoms with van der Waals surface area (Å²) in [6, 6.07) is 12.1. The average Bonchev–Trinajstić information content (AvgIpc) is 3.39. The fourth-order valence-corrected chi connectivity index (χ4v) is 3.09. The maximum absolute atomic E-state index is 13.0. The molecular weight excluding hydrogens is 336 g/mol. The molecule has 0 saturated carbocycles. The van der Waals surface area contributed by atoms with Crippen molar-refractivity contribution in [3.05, 3.63) is 60.2 Å². The minimum absolute atomic E-state index is 0.104. The van der Waals surface area contributed by atoms with Gasteiger partial charge in [0.1, 0.15) is 12.1 Å². The summed E-state index contributed by atoms with van der Waals surface area (Å²) in [6.07, 6.45) is 1.93. The Labute approximate surface area is 148 Å². The summed E-state index contributed by atoms with van der Waals surface area (Å²) in [4.78, 5) is 30.8. The molecule has 3 heterocycles. The number of urea groups is 1. The monoisotopic (exact) mass is 352 g/mol. The molecule has 3 aromatic rings. The van der Waals surface area contributed by atoms with Gasteiger partial charge in [-0.25, -0.2) is 4.79 Å². The molecule has 26 heavy (non-hydrogen) atoms. The third-order valence-electron chi connectivity index (χ3n) is 4.48. The second-order valence-electron chi connectivity index (χ2n) is 5.94. The molecule has 0 bridgehead atoms. The van der Waals surface area contributed by atoms with Gasteiger partial charge in [0.25, 0.3) is 5.91 Å². The zero-order valence-corrected chi connectivity index (χ0v) is 14.0. The van der Waals surface area contributed by atoms with E-state index < -0.39 is 11.6 Å². The second kappa shape index (κ2) is 6.14. The molecule has 1 fully saturated rings. The smallest absolute Gasteiger partial charge is 0.325 e. The molecule has 1 unspecified atom stereocenters. The van der Waals surface area contributed by atoms with Gasteiger partial charge in [0.2, 0.25) is 11.7 Å². The predicted molar refractivity (Wildman–Crippen MR) is 89.5 cm³/mol. The number of rotatable bonds is 5. The molecule has 4 rings (SSSR count). The van der Waals surface area contributed by atoms with Crippen molar-refractivity contribution in [3.8, 4) is 11.6 Å². The molecule has 1 aliphatic rings. The van der Waals surface area contributed by atoms with E-state index in [1.807, 2.05) is 37.3 Å². The van der Waals surface area contributed by atoms with Gasteiger partial charge in [-0.1, -0.05) is 42.4 Å². The number of benzene rings is 1. The van der Waals surface area contributed by atoms with Gasteiger partial charge < -0.3 is 14.3 Å². The molecule has 0 radical (unpaired) electrons. The van der Waals surface area contributed by atoms with Gasteiger partial charge in [-0.05, 0) is 24.1 Å². The molecule has 1 aliphatic heterocycles. The number of aromatic nitrogens is 2.